The minimum Gasteiger partial charge on any atom is -0.299 e. The van der Waals surface area contributed by atoms with Crippen LogP contribution in [0, 0.1) is 12.8 Å². The number of ketones is 2. The number of hydrogen-bond acceptors (Lipinski definition) is 2. The molecule has 0 unspecified atom stereocenters. The van der Waals surface area contributed by atoms with Crippen LogP contribution in [0.15, 0.2) is 0 Å². The molecular formula is C8H11O2. The Balaban J connectivity index is 2.50. The molecule has 0 aromatic carbocycles. The summed E-state index contributed by atoms with van der Waals surface area (Å²) in [5.74, 6) is 0.406. The van der Waals surface area contributed by atoms with Crippen LogP contribution in [0.4, 0.5) is 0 Å². The second kappa shape index (κ2) is 2.95. The quantitative estimate of drug-likeness (QED) is 0.511. The molecule has 0 aromatic rings. The lowest BCUT2D eigenvalue weighted by atomic mass is 9.86. The first-order chi connectivity index (χ1) is 4.72. The van der Waals surface area contributed by atoms with E-state index < -0.39 is 0 Å². The molecule has 1 fully saturated rings. The first-order valence-corrected chi connectivity index (χ1v) is 3.55. The largest absolute Gasteiger partial charge is 0.299 e. The van der Waals surface area contributed by atoms with Crippen molar-refractivity contribution in [1.82, 2.24) is 0 Å². The second-order valence-corrected chi connectivity index (χ2v) is 2.82. The average Bonchev–Trinajstić information content (AvgIpc) is 1.85. The van der Waals surface area contributed by atoms with Gasteiger partial charge in [0.2, 0.25) is 0 Å². The van der Waals surface area contributed by atoms with Crippen LogP contribution >= 0.6 is 0 Å². The Morgan fingerprint density at radius 1 is 1.30 bits per heavy atom. The first-order valence-electron chi connectivity index (χ1n) is 3.55. The number of Topliss-reactive ketones (excluding diaryl/α,β-unsaturated/α-hetero) is 2. The molecule has 0 atom stereocenters. The average molecular weight is 139 g/mol. The van der Waals surface area contributed by atoms with Crippen molar-refractivity contribution in [1.29, 1.82) is 0 Å². The first kappa shape index (κ1) is 7.45. The fourth-order valence-electron chi connectivity index (χ4n) is 1.28. The molecule has 0 bridgehead atoms. The Bertz CT molecular complexity index is 145. The molecule has 2 nitrogen and oxygen atoms in total. The molecule has 0 saturated heterocycles. The highest BCUT2D eigenvalue weighted by Gasteiger charge is 2.23. The van der Waals surface area contributed by atoms with Gasteiger partial charge in [0, 0.05) is 12.8 Å². The van der Waals surface area contributed by atoms with Gasteiger partial charge in [-0.1, -0.05) is 6.92 Å². The number of carbonyl (C=O) groups is 2. The Kier molecular flexibility index (Phi) is 2.20. The van der Waals surface area contributed by atoms with Gasteiger partial charge in [-0.15, -0.1) is 0 Å². The fraction of sp³-hybridized carbons (Fsp3) is 0.625. The van der Waals surface area contributed by atoms with Gasteiger partial charge in [-0.25, -0.2) is 0 Å². The lowest BCUT2D eigenvalue weighted by molar-refractivity contribution is -0.131. The van der Waals surface area contributed by atoms with E-state index >= 15 is 0 Å². The van der Waals surface area contributed by atoms with Crippen molar-refractivity contribution in [2.45, 2.75) is 25.7 Å². The van der Waals surface area contributed by atoms with E-state index in [1.165, 1.54) is 0 Å². The Morgan fingerprint density at radius 2 is 1.80 bits per heavy atom. The summed E-state index contributed by atoms with van der Waals surface area (Å²) in [7, 11) is 0. The molecular weight excluding hydrogens is 128 g/mol. The van der Waals surface area contributed by atoms with Crippen LogP contribution in [-0.2, 0) is 9.59 Å². The van der Waals surface area contributed by atoms with Crippen molar-refractivity contribution in [3.63, 3.8) is 0 Å². The van der Waals surface area contributed by atoms with Gasteiger partial charge in [0.15, 0.2) is 0 Å². The van der Waals surface area contributed by atoms with Gasteiger partial charge in [-0.3, -0.25) is 9.59 Å². The van der Waals surface area contributed by atoms with Crippen molar-refractivity contribution in [3.8, 4) is 0 Å². The molecule has 1 radical (unpaired) electrons. The van der Waals surface area contributed by atoms with Crippen molar-refractivity contribution in [3.05, 3.63) is 6.92 Å². The van der Waals surface area contributed by atoms with Gasteiger partial charge in [0.1, 0.15) is 11.6 Å². The minimum atomic E-state index is 0.0879. The molecule has 1 rings (SSSR count). The molecule has 2 heteroatoms. The summed E-state index contributed by atoms with van der Waals surface area (Å²) >= 11 is 0. The molecule has 1 aliphatic rings. The molecule has 1 aliphatic carbocycles. The predicted molar refractivity (Wildman–Crippen MR) is 37.3 cm³/mol. The maximum absolute atomic E-state index is 10.8. The Hall–Kier alpha value is -0.660. The lowest BCUT2D eigenvalue weighted by Crippen LogP contribution is -2.21. The maximum atomic E-state index is 10.8. The SMILES string of the molecule is [CH2]CC1CC(=O)CC(=O)C1. The zero-order chi connectivity index (χ0) is 7.56. The lowest BCUT2D eigenvalue weighted by Gasteiger charge is -2.17. The van der Waals surface area contributed by atoms with E-state index in [4.69, 9.17) is 0 Å². The van der Waals surface area contributed by atoms with E-state index in [9.17, 15) is 9.59 Å². The highest BCUT2D eigenvalue weighted by molar-refractivity contribution is 6.01. The molecule has 0 N–H and O–H groups in total. The van der Waals surface area contributed by atoms with Crippen LogP contribution in [0.5, 0.6) is 0 Å². The molecule has 0 heterocycles. The van der Waals surface area contributed by atoms with Gasteiger partial charge in [0.25, 0.3) is 0 Å². The van der Waals surface area contributed by atoms with Crippen molar-refractivity contribution < 1.29 is 9.59 Å². The molecule has 10 heavy (non-hydrogen) atoms. The van der Waals surface area contributed by atoms with Crippen LogP contribution in [0.1, 0.15) is 25.7 Å². The summed E-state index contributed by atoms with van der Waals surface area (Å²) in [6.45, 7) is 3.67. The number of hydrogen-bond donors (Lipinski definition) is 0. The van der Waals surface area contributed by atoms with Gasteiger partial charge < -0.3 is 0 Å². The molecule has 0 aliphatic heterocycles. The second-order valence-electron chi connectivity index (χ2n) is 2.82. The predicted octanol–water partition coefficient (Wildman–Crippen LogP) is 1.15. The van der Waals surface area contributed by atoms with Crippen LogP contribution in [-0.4, -0.2) is 11.6 Å². The topological polar surface area (TPSA) is 34.1 Å². The molecule has 55 valence electrons. The highest BCUT2D eigenvalue weighted by Crippen LogP contribution is 2.20. The minimum absolute atomic E-state index is 0.0879. The van der Waals surface area contributed by atoms with E-state index in [1.54, 1.807) is 0 Å². The fourth-order valence-corrected chi connectivity index (χ4v) is 1.28. The summed E-state index contributed by atoms with van der Waals surface area (Å²) in [5.41, 5.74) is 0. The highest BCUT2D eigenvalue weighted by atomic mass is 16.1. The number of carbonyl (C=O) groups excluding carboxylic acids is 2. The van der Waals surface area contributed by atoms with E-state index in [2.05, 4.69) is 6.92 Å². The molecule has 1 saturated carbocycles. The summed E-state index contributed by atoms with van der Waals surface area (Å²) < 4.78 is 0. The van der Waals surface area contributed by atoms with E-state index in [0.717, 1.165) is 0 Å². The molecule has 0 aromatic heterocycles. The van der Waals surface area contributed by atoms with Crippen LogP contribution in [0.2, 0.25) is 0 Å². The van der Waals surface area contributed by atoms with Crippen LogP contribution < -0.4 is 0 Å². The number of rotatable bonds is 1. The van der Waals surface area contributed by atoms with E-state index in [0.29, 0.717) is 19.3 Å². The monoisotopic (exact) mass is 139 g/mol. The molecule has 0 spiro atoms. The Labute approximate surface area is 60.6 Å². The summed E-state index contributed by atoms with van der Waals surface area (Å²) in [5, 5.41) is 0. The third-order valence-corrected chi connectivity index (χ3v) is 1.84. The van der Waals surface area contributed by atoms with Crippen LogP contribution in [0.25, 0.3) is 0 Å². The van der Waals surface area contributed by atoms with Gasteiger partial charge >= 0.3 is 0 Å². The summed E-state index contributed by atoms with van der Waals surface area (Å²) in [6.07, 6.45) is 2.00. The Morgan fingerprint density at radius 3 is 2.20 bits per heavy atom. The third kappa shape index (κ3) is 1.66. The summed E-state index contributed by atoms with van der Waals surface area (Å²) in [4.78, 5) is 21.6. The van der Waals surface area contributed by atoms with Gasteiger partial charge in [0.05, 0.1) is 6.42 Å². The summed E-state index contributed by atoms with van der Waals surface area (Å²) in [6, 6.07) is 0. The smallest absolute Gasteiger partial charge is 0.140 e. The zero-order valence-electron chi connectivity index (χ0n) is 5.93. The van der Waals surface area contributed by atoms with E-state index in [1.807, 2.05) is 0 Å². The zero-order valence-corrected chi connectivity index (χ0v) is 5.93. The van der Waals surface area contributed by atoms with Crippen molar-refractivity contribution in [2.75, 3.05) is 0 Å². The standard InChI is InChI=1S/C8H11O2/c1-2-6-3-7(9)5-8(10)4-6/h6H,1-5H2. The van der Waals surface area contributed by atoms with Gasteiger partial charge in [-0.05, 0) is 12.3 Å². The maximum Gasteiger partial charge on any atom is 0.140 e. The molecule has 0 amide bonds. The normalized spacial score (nSPS) is 21.7. The van der Waals surface area contributed by atoms with Gasteiger partial charge in [-0.2, -0.15) is 0 Å². The third-order valence-electron chi connectivity index (χ3n) is 1.84. The van der Waals surface area contributed by atoms with Crippen molar-refractivity contribution >= 4 is 11.6 Å². The van der Waals surface area contributed by atoms with Crippen LogP contribution in [0.3, 0.4) is 0 Å². The van der Waals surface area contributed by atoms with E-state index in [-0.39, 0.29) is 23.9 Å². The van der Waals surface area contributed by atoms with Crippen molar-refractivity contribution in [2.24, 2.45) is 5.92 Å².